The number of hydrogen-bond donors (Lipinski definition) is 1. The highest BCUT2D eigenvalue weighted by Gasteiger charge is 2.24. The first-order valence-electron chi connectivity index (χ1n) is 12.9. The molecule has 0 radical (unpaired) electrons. The largest absolute Gasteiger partial charge is 0.381 e. The van der Waals surface area contributed by atoms with E-state index in [-0.39, 0.29) is 11.9 Å². The van der Waals surface area contributed by atoms with Crippen LogP contribution in [0.5, 0.6) is 0 Å². The molecule has 0 unspecified atom stereocenters. The number of anilines is 1. The molecule has 1 aromatic carbocycles. The van der Waals surface area contributed by atoms with Crippen molar-refractivity contribution in [2.24, 2.45) is 0 Å². The van der Waals surface area contributed by atoms with Gasteiger partial charge in [0.1, 0.15) is 6.07 Å². The van der Waals surface area contributed by atoms with Crippen molar-refractivity contribution < 1.29 is 9.53 Å². The average Bonchev–Trinajstić information content (AvgIpc) is 3.73. The molecule has 38 heavy (non-hydrogen) atoms. The molecule has 192 valence electrons. The minimum Gasteiger partial charge on any atom is -0.381 e. The van der Waals surface area contributed by atoms with Crippen molar-refractivity contribution in [2.75, 3.05) is 31.2 Å². The summed E-state index contributed by atoms with van der Waals surface area (Å²) in [5.41, 5.74) is 6.37. The number of aromatic nitrogens is 4. The van der Waals surface area contributed by atoms with Gasteiger partial charge in [0.15, 0.2) is 0 Å². The highest BCUT2D eigenvalue weighted by atomic mass is 16.5. The molecule has 0 bridgehead atoms. The van der Waals surface area contributed by atoms with E-state index in [0.717, 1.165) is 79.0 Å². The number of nitrogens with zero attached hydrogens (tertiary/aromatic N) is 6. The number of carbonyl (C=O) groups excluding carboxylic acids is 1. The van der Waals surface area contributed by atoms with Gasteiger partial charge >= 0.3 is 0 Å². The van der Waals surface area contributed by atoms with E-state index in [1.807, 2.05) is 17.1 Å². The van der Waals surface area contributed by atoms with Gasteiger partial charge in [-0.2, -0.15) is 15.5 Å². The summed E-state index contributed by atoms with van der Waals surface area (Å²) in [6, 6.07) is 13.2. The maximum atomic E-state index is 11.7. The van der Waals surface area contributed by atoms with Gasteiger partial charge in [0.05, 0.1) is 29.5 Å². The monoisotopic (exact) mass is 507 g/mol. The normalized spacial score (nSPS) is 18.0. The quantitative estimate of drug-likeness (QED) is 0.397. The molecule has 5 heterocycles. The minimum absolute atomic E-state index is 0.114. The molecule has 0 aliphatic carbocycles. The standard InChI is InChI=1S/C29H29N7O2/c1-2-28(37)33-24-7-10-34(19-24)25-5-3-20(4-6-25)27-13-21(17-36-29(27)22(14-30)15-32-36)23-16-31-35(18-23)26-8-11-38-12-9-26/h2-6,13,15-18,24,26H,1,7-12,19H2,(H,33,37)/t24-/m0/s1. The van der Waals surface area contributed by atoms with Gasteiger partial charge in [-0.15, -0.1) is 0 Å². The first-order valence-corrected chi connectivity index (χ1v) is 12.9. The average molecular weight is 508 g/mol. The van der Waals surface area contributed by atoms with Gasteiger partial charge in [-0.3, -0.25) is 9.48 Å². The Balaban J connectivity index is 1.31. The molecule has 3 aromatic heterocycles. The Labute approximate surface area is 220 Å². The summed E-state index contributed by atoms with van der Waals surface area (Å²) in [5.74, 6) is -0.136. The second-order valence-corrected chi connectivity index (χ2v) is 9.85. The van der Waals surface area contributed by atoms with Crippen LogP contribution in [0.2, 0.25) is 0 Å². The Bertz CT molecular complexity index is 1520. The summed E-state index contributed by atoms with van der Waals surface area (Å²) in [5, 5.41) is 21.9. The van der Waals surface area contributed by atoms with Crippen molar-refractivity contribution in [3.63, 3.8) is 0 Å². The molecule has 4 aromatic rings. The van der Waals surface area contributed by atoms with E-state index in [2.05, 4.69) is 69.6 Å². The number of pyridine rings is 1. The lowest BCUT2D eigenvalue weighted by atomic mass is 9.99. The third kappa shape index (κ3) is 4.55. The maximum Gasteiger partial charge on any atom is 0.243 e. The summed E-state index contributed by atoms with van der Waals surface area (Å²) >= 11 is 0. The van der Waals surface area contributed by atoms with Crippen molar-refractivity contribution >= 4 is 17.1 Å². The van der Waals surface area contributed by atoms with Gasteiger partial charge in [0, 0.05) is 67.1 Å². The molecule has 0 spiro atoms. The van der Waals surface area contributed by atoms with E-state index in [0.29, 0.717) is 11.6 Å². The van der Waals surface area contributed by atoms with E-state index < -0.39 is 0 Å². The Morgan fingerprint density at radius 2 is 1.89 bits per heavy atom. The van der Waals surface area contributed by atoms with Gasteiger partial charge in [-0.05, 0) is 49.1 Å². The van der Waals surface area contributed by atoms with Crippen LogP contribution in [0, 0.1) is 11.3 Å². The number of amides is 1. The SMILES string of the molecule is C=CC(=O)N[C@H]1CCN(c2ccc(-c3cc(-c4cnn(C5CCOCC5)c4)cn4ncc(C#N)c34)cc2)C1. The number of hydrogen-bond acceptors (Lipinski definition) is 6. The number of ether oxygens (including phenoxy) is 1. The maximum absolute atomic E-state index is 11.7. The fourth-order valence-electron chi connectivity index (χ4n) is 5.44. The number of nitrogens with one attached hydrogen (secondary N) is 1. The Morgan fingerprint density at radius 1 is 1.08 bits per heavy atom. The van der Waals surface area contributed by atoms with Crippen molar-refractivity contribution in [3.8, 4) is 28.3 Å². The summed E-state index contributed by atoms with van der Waals surface area (Å²) in [6.07, 6.45) is 11.7. The van der Waals surface area contributed by atoms with Gasteiger partial charge in [-0.25, -0.2) is 4.52 Å². The predicted octanol–water partition coefficient (Wildman–Crippen LogP) is 3.97. The zero-order valence-corrected chi connectivity index (χ0v) is 21.1. The van der Waals surface area contributed by atoms with E-state index >= 15 is 0 Å². The van der Waals surface area contributed by atoms with Crippen LogP contribution in [0.25, 0.3) is 27.8 Å². The molecule has 0 saturated carbocycles. The second-order valence-electron chi connectivity index (χ2n) is 9.85. The van der Waals surface area contributed by atoms with Gasteiger partial charge in [0.2, 0.25) is 5.91 Å². The van der Waals surface area contributed by atoms with Crippen LogP contribution in [0.3, 0.4) is 0 Å². The third-order valence-electron chi connectivity index (χ3n) is 7.50. The van der Waals surface area contributed by atoms with Gasteiger partial charge in [0.25, 0.3) is 0 Å². The lowest BCUT2D eigenvalue weighted by Crippen LogP contribution is -2.35. The molecular weight excluding hydrogens is 478 g/mol. The number of carbonyl (C=O) groups is 1. The van der Waals surface area contributed by atoms with Crippen molar-refractivity contribution in [3.05, 3.63) is 73.3 Å². The second kappa shape index (κ2) is 10.1. The fourth-order valence-corrected chi connectivity index (χ4v) is 5.44. The molecule has 6 rings (SSSR count). The summed E-state index contributed by atoms with van der Waals surface area (Å²) in [6.45, 7) is 6.69. The fraction of sp³-hybridized carbons (Fsp3) is 0.310. The first-order chi connectivity index (χ1) is 18.6. The molecule has 2 aliphatic rings. The van der Waals surface area contributed by atoms with E-state index in [1.165, 1.54) is 6.08 Å². The lowest BCUT2D eigenvalue weighted by molar-refractivity contribution is -0.117. The number of nitriles is 1. The van der Waals surface area contributed by atoms with Gasteiger partial charge < -0.3 is 15.0 Å². The van der Waals surface area contributed by atoms with Crippen molar-refractivity contribution in [2.45, 2.75) is 31.3 Å². The van der Waals surface area contributed by atoms with Crippen LogP contribution in [-0.2, 0) is 9.53 Å². The zero-order valence-electron chi connectivity index (χ0n) is 21.1. The third-order valence-corrected chi connectivity index (χ3v) is 7.50. The van der Waals surface area contributed by atoms with E-state index in [1.54, 1.807) is 10.7 Å². The molecule has 1 N–H and O–H groups in total. The summed E-state index contributed by atoms with van der Waals surface area (Å²) < 4.78 is 9.33. The molecule has 9 nitrogen and oxygen atoms in total. The number of fused-ring (bicyclic) bond motifs is 1. The predicted molar refractivity (Wildman–Crippen MR) is 145 cm³/mol. The number of benzene rings is 1. The summed E-state index contributed by atoms with van der Waals surface area (Å²) in [4.78, 5) is 13.9. The topological polar surface area (TPSA) is 100 Å². The first kappa shape index (κ1) is 23.9. The molecule has 2 aliphatic heterocycles. The molecule has 1 amide bonds. The zero-order chi connectivity index (χ0) is 26.1. The Kier molecular flexibility index (Phi) is 6.40. The van der Waals surface area contributed by atoms with Crippen LogP contribution in [0.15, 0.2) is 67.8 Å². The van der Waals surface area contributed by atoms with Crippen molar-refractivity contribution in [1.29, 1.82) is 5.26 Å². The molecular formula is C29H29N7O2. The van der Waals surface area contributed by atoms with E-state index in [9.17, 15) is 10.1 Å². The van der Waals surface area contributed by atoms with E-state index in [4.69, 9.17) is 4.74 Å². The Hall–Kier alpha value is -4.42. The van der Waals surface area contributed by atoms with Crippen LogP contribution in [0.4, 0.5) is 5.69 Å². The highest BCUT2D eigenvalue weighted by molar-refractivity contribution is 5.88. The molecule has 9 heteroatoms. The van der Waals surface area contributed by atoms with Crippen LogP contribution in [-0.4, -0.2) is 57.6 Å². The van der Waals surface area contributed by atoms with Crippen LogP contribution >= 0.6 is 0 Å². The molecule has 2 fully saturated rings. The summed E-state index contributed by atoms with van der Waals surface area (Å²) in [7, 11) is 0. The molecule has 2 saturated heterocycles. The molecule has 1 atom stereocenters. The minimum atomic E-state index is -0.136. The van der Waals surface area contributed by atoms with Crippen molar-refractivity contribution in [1.82, 2.24) is 24.7 Å². The lowest BCUT2D eigenvalue weighted by Gasteiger charge is -2.22. The Morgan fingerprint density at radius 3 is 2.66 bits per heavy atom. The smallest absolute Gasteiger partial charge is 0.243 e. The van der Waals surface area contributed by atoms with Crippen LogP contribution in [0.1, 0.15) is 30.9 Å². The highest BCUT2D eigenvalue weighted by Crippen LogP contribution is 2.34. The number of rotatable bonds is 6. The van der Waals surface area contributed by atoms with Crippen LogP contribution < -0.4 is 10.2 Å². The van der Waals surface area contributed by atoms with Gasteiger partial charge in [-0.1, -0.05) is 18.7 Å².